The van der Waals surface area contributed by atoms with Gasteiger partial charge in [-0.05, 0) is 61.0 Å². The molecule has 0 atom stereocenters. The first-order chi connectivity index (χ1) is 12.0. The van der Waals surface area contributed by atoms with Gasteiger partial charge in [-0.3, -0.25) is 9.59 Å². The maximum atomic E-state index is 12.4. The number of rotatable bonds is 4. The molecule has 2 N–H and O–H groups in total. The number of hydrogen-bond acceptors (Lipinski definition) is 3. The van der Waals surface area contributed by atoms with Crippen LogP contribution in [-0.2, 0) is 0 Å². The molecule has 1 aromatic heterocycles. The smallest absolute Gasteiger partial charge is 0.291 e. The molecule has 0 saturated heterocycles. The molecule has 6 heteroatoms. The highest BCUT2D eigenvalue weighted by atomic mass is 79.9. The Labute approximate surface area is 153 Å². The zero-order valence-corrected chi connectivity index (χ0v) is 15.0. The monoisotopic (exact) mass is 398 g/mol. The second-order valence-corrected chi connectivity index (χ2v) is 6.34. The van der Waals surface area contributed by atoms with Crippen molar-refractivity contribution in [2.45, 2.75) is 6.92 Å². The van der Waals surface area contributed by atoms with Crippen LogP contribution in [0.4, 0.5) is 11.4 Å². The van der Waals surface area contributed by atoms with Gasteiger partial charge >= 0.3 is 0 Å². The standard InChI is InChI=1S/C19H15BrN2O3/c1-12-4-7-14(20)11-16(12)22-18(23)13-5-8-15(9-6-13)21-19(24)17-3-2-10-25-17/h2-11H,1H3,(H,21,24)(H,22,23). The van der Waals surface area contributed by atoms with Crippen LogP contribution in [0.3, 0.4) is 0 Å². The average molecular weight is 399 g/mol. The van der Waals surface area contributed by atoms with E-state index < -0.39 is 0 Å². The summed E-state index contributed by atoms with van der Waals surface area (Å²) in [6.07, 6.45) is 1.44. The Balaban J connectivity index is 1.68. The van der Waals surface area contributed by atoms with Gasteiger partial charge in [0, 0.05) is 21.4 Å². The number of amides is 2. The minimum Gasteiger partial charge on any atom is -0.459 e. The Morgan fingerprint density at radius 3 is 2.40 bits per heavy atom. The summed E-state index contributed by atoms with van der Waals surface area (Å²) in [6.45, 7) is 1.93. The van der Waals surface area contributed by atoms with E-state index >= 15 is 0 Å². The van der Waals surface area contributed by atoms with Gasteiger partial charge in [-0.15, -0.1) is 0 Å². The van der Waals surface area contributed by atoms with E-state index in [1.165, 1.54) is 6.26 Å². The van der Waals surface area contributed by atoms with Crippen molar-refractivity contribution in [3.05, 3.63) is 82.2 Å². The second kappa shape index (κ2) is 7.36. The van der Waals surface area contributed by atoms with E-state index in [1.807, 2.05) is 25.1 Å². The molecule has 2 aromatic carbocycles. The molecule has 3 rings (SSSR count). The van der Waals surface area contributed by atoms with Gasteiger partial charge in [0.05, 0.1) is 6.26 Å². The van der Waals surface area contributed by atoms with E-state index in [-0.39, 0.29) is 17.6 Å². The Morgan fingerprint density at radius 2 is 1.72 bits per heavy atom. The second-order valence-electron chi connectivity index (χ2n) is 5.42. The van der Waals surface area contributed by atoms with Crippen molar-refractivity contribution in [1.82, 2.24) is 0 Å². The lowest BCUT2D eigenvalue weighted by atomic mass is 10.1. The molecule has 2 amide bonds. The van der Waals surface area contributed by atoms with Gasteiger partial charge in [-0.1, -0.05) is 22.0 Å². The quantitative estimate of drug-likeness (QED) is 0.659. The summed E-state index contributed by atoms with van der Waals surface area (Å²) >= 11 is 3.39. The average Bonchev–Trinajstić information content (AvgIpc) is 3.13. The van der Waals surface area contributed by atoms with Crippen LogP contribution >= 0.6 is 15.9 Å². The third kappa shape index (κ3) is 4.16. The fourth-order valence-corrected chi connectivity index (χ4v) is 2.59. The first-order valence-corrected chi connectivity index (χ1v) is 8.34. The van der Waals surface area contributed by atoms with Gasteiger partial charge < -0.3 is 15.1 Å². The molecule has 25 heavy (non-hydrogen) atoms. The summed E-state index contributed by atoms with van der Waals surface area (Å²) in [6, 6.07) is 15.6. The lowest BCUT2D eigenvalue weighted by Crippen LogP contribution is -2.14. The molecule has 0 aliphatic rings. The van der Waals surface area contributed by atoms with Gasteiger partial charge in [0.15, 0.2) is 5.76 Å². The van der Waals surface area contributed by atoms with Crippen molar-refractivity contribution in [1.29, 1.82) is 0 Å². The van der Waals surface area contributed by atoms with E-state index in [0.717, 1.165) is 15.7 Å². The van der Waals surface area contributed by atoms with Crippen LogP contribution in [0.15, 0.2) is 69.8 Å². The lowest BCUT2D eigenvalue weighted by Gasteiger charge is -2.09. The molecule has 0 aliphatic heterocycles. The predicted octanol–water partition coefficient (Wildman–Crippen LogP) is 4.86. The van der Waals surface area contributed by atoms with E-state index in [0.29, 0.717) is 11.3 Å². The highest BCUT2D eigenvalue weighted by Crippen LogP contribution is 2.21. The number of carbonyl (C=O) groups is 2. The SMILES string of the molecule is Cc1ccc(Br)cc1NC(=O)c1ccc(NC(=O)c2ccco2)cc1. The third-order valence-electron chi connectivity index (χ3n) is 3.60. The highest BCUT2D eigenvalue weighted by molar-refractivity contribution is 9.10. The topological polar surface area (TPSA) is 71.3 Å². The van der Waals surface area contributed by atoms with E-state index in [1.54, 1.807) is 36.4 Å². The van der Waals surface area contributed by atoms with Crippen molar-refractivity contribution in [2.24, 2.45) is 0 Å². The summed E-state index contributed by atoms with van der Waals surface area (Å²) in [5, 5.41) is 5.58. The Bertz CT molecular complexity index is 903. The highest BCUT2D eigenvalue weighted by Gasteiger charge is 2.11. The number of carbonyl (C=O) groups excluding carboxylic acids is 2. The molecular formula is C19H15BrN2O3. The fraction of sp³-hybridized carbons (Fsp3) is 0.0526. The van der Waals surface area contributed by atoms with Gasteiger partial charge in [-0.25, -0.2) is 0 Å². The molecule has 0 radical (unpaired) electrons. The Kier molecular flexibility index (Phi) is 5.00. The predicted molar refractivity (Wildman–Crippen MR) is 99.9 cm³/mol. The zero-order chi connectivity index (χ0) is 17.8. The minimum atomic E-state index is -0.341. The summed E-state index contributed by atoms with van der Waals surface area (Å²) in [4.78, 5) is 24.3. The molecule has 0 bridgehead atoms. The van der Waals surface area contributed by atoms with Crippen LogP contribution in [-0.4, -0.2) is 11.8 Å². The van der Waals surface area contributed by atoms with Crippen LogP contribution in [0.2, 0.25) is 0 Å². The van der Waals surface area contributed by atoms with Crippen molar-refractivity contribution < 1.29 is 14.0 Å². The summed E-state index contributed by atoms with van der Waals surface area (Å²) in [5.41, 5.74) is 2.79. The molecule has 0 fully saturated rings. The zero-order valence-electron chi connectivity index (χ0n) is 13.4. The van der Waals surface area contributed by atoms with Crippen molar-refractivity contribution >= 4 is 39.1 Å². The van der Waals surface area contributed by atoms with Gasteiger partial charge in [0.1, 0.15) is 0 Å². The van der Waals surface area contributed by atoms with Gasteiger partial charge in [-0.2, -0.15) is 0 Å². The van der Waals surface area contributed by atoms with E-state index in [4.69, 9.17) is 4.42 Å². The first kappa shape index (κ1) is 17.0. The number of halogens is 1. The van der Waals surface area contributed by atoms with Crippen LogP contribution in [0.25, 0.3) is 0 Å². The summed E-state index contributed by atoms with van der Waals surface area (Å²) in [5.74, 6) is -0.330. The van der Waals surface area contributed by atoms with Gasteiger partial charge in [0.25, 0.3) is 11.8 Å². The van der Waals surface area contributed by atoms with Crippen LogP contribution in [0.5, 0.6) is 0 Å². The molecule has 3 aromatic rings. The lowest BCUT2D eigenvalue weighted by molar-refractivity contribution is 0.0995. The summed E-state index contributed by atoms with van der Waals surface area (Å²) in [7, 11) is 0. The number of nitrogens with one attached hydrogen (secondary N) is 2. The largest absolute Gasteiger partial charge is 0.459 e. The number of aryl methyl sites for hydroxylation is 1. The number of benzene rings is 2. The molecule has 5 nitrogen and oxygen atoms in total. The minimum absolute atomic E-state index is 0.217. The van der Waals surface area contributed by atoms with Crippen LogP contribution in [0, 0.1) is 6.92 Å². The van der Waals surface area contributed by atoms with Crippen molar-refractivity contribution in [3.63, 3.8) is 0 Å². The molecule has 0 unspecified atom stereocenters. The van der Waals surface area contributed by atoms with Gasteiger partial charge in [0.2, 0.25) is 0 Å². The molecule has 126 valence electrons. The maximum absolute atomic E-state index is 12.4. The number of furan rings is 1. The van der Waals surface area contributed by atoms with Crippen molar-refractivity contribution in [3.8, 4) is 0 Å². The molecule has 0 aliphatic carbocycles. The number of hydrogen-bond donors (Lipinski definition) is 2. The summed E-state index contributed by atoms with van der Waals surface area (Å²) < 4.78 is 5.93. The van der Waals surface area contributed by atoms with E-state index in [2.05, 4.69) is 26.6 Å². The van der Waals surface area contributed by atoms with E-state index in [9.17, 15) is 9.59 Å². The van der Waals surface area contributed by atoms with Crippen molar-refractivity contribution in [2.75, 3.05) is 10.6 Å². The molecular weight excluding hydrogens is 384 g/mol. The normalized spacial score (nSPS) is 10.3. The van der Waals surface area contributed by atoms with Crippen LogP contribution < -0.4 is 10.6 Å². The Morgan fingerprint density at radius 1 is 0.960 bits per heavy atom. The van der Waals surface area contributed by atoms with Crippen LogP contribution in [0.1, 0.15) is 26.5 Å². The maximum Gasteiger partial charge on any atom is 0.291 e. The number of anilines is 2. The molecule has 0 saturated carbocycles. The first-order valence-electron chi connectivity index (χ1n) is 7.55. The molecule has 0 spiro atoms. The third-order valence-corrected chi connectivity index (χ3v) is 4.09. The molecule has 1 heterocycles. The fourth-order valence-electron chi connectivity index (χ4n) is 2.23. The Hall–Kier alpha value is -2.86.